The van der Waals surface area contributed by atoms with E-state index in [0.717, 1.165) is 55.0 Å². The Morgan fingerprint density at radius 2 is 1.93 bits per heavy atom. The summed E-state index contributed by atoms with van der Waals surface area (Å²) in [6.07, 6.45) is 3.40. The Morgan fingerprint density at radius 3 is 2.63 bits per heavy atom. The summed E-state index contributed by atoms with van der Waals surface area (Å²) in [5.41, 5.74) is 3.53. The van der Waals surface area contributed by atoms with Crippen LogP contribution in [0.1, 0.15) is 46.8 Å². The van der Waals surface area contributed by atoms with E-state index in [1.807, 2.05) is 35.2 Å². The van der Waals surface area contributed by atoms with Gasteiger partial charge in [0.05, 0.1) is 11.6 Å². The number of ether oxygens (including phenoxy) is 1. The first-order chi connectivity index (χ1) is 14.1. The molecule has 2 aromatic rings. The van der Waals surface area contributed by atoms with E-state index < -0.39 is 0 Å². The summed E-state index contributed by atoms with van der Waals surface area (Å²) < 4.78 is 5.91. The number of rotatable bonds is 6. The normalized spacial score (nSPS) is 18.5. The van der Waals surface area contributed by atoms with Gasteiger partial charge in [0.1, 0.15) is 12.4 Å². The van der Waals surface area contributed by atoms with Crippen LogP contribution in [0.25, 0.3) is 0 Å². The number of carbonyl (C=O) groups is 1. The van der Waals surface area contributed by atoms with Gasteiger partial charge in [0.2, 0.25) is 0 Å². The Balaban J connectivity index is 0.00000256. The van der Waals surface area contributed by atoms with Crippen LogP contribution >= 0.6 is 12.4 Å². The Hall–Kier alpha value is -2.55. The lowest BCUT2D eigenvalue weighted by atomic mass is 9.98. The second kappa shape index (κ2) is 9.97. The smallest absolute Gasteiger partial charge is 0.254 e. The van der Waals surface area contributed by atoms with Gasteiger partial charge in [-0.3, -0.25) is 9.69 Å². The van der Waals surface area contributed by atoms with E-state index in [-0.39, 0.29) is 18.3 Å². The number of likely N-dealkylation sites (tertiary alicyclic amines) is 1. The first kappa shape index (κ1) is 22.1. The van der Waals surface area contributed by atoms with Crippen molar-refractivity contribution in [1.82, 2.24) is 9.80 Å². The van der Waals surface area contributed by atoms with E-state index in [0.29, 0.717) is 18.2 Å². The van der Waals surface area contributed by atoms with Gasteiger partial charge in [-0.2, -0.15) is 5.26 Å². The summed E-state index contributed by atoms with van der Waals surface area (Å²) in [4.78, 5) is 17.4. The molecule has 158 valence electrons. The third-order valence-electron chi connectivity index (χ3n) is 6.08. The van der Waals surface area contributed by atoms with Crippen molar-refractivity contribution in [3.05, 3.63) is 64.7 Å². The maximum absolute atomic E-state index is 12.9. The molecule has 6 heteroatoms. The lowest BCUT2D eigenvalue weighted by Crippen LogP contribution is -2.43. The lowest BCUT2D eigenvalue weighted by Gasteiger charge is -2.31. The van der Waals surface area contributed by atoms with Crippen LogP contribution in [0.3, 0.4) is 0 Å². The highest BCUT2D eigenvalue weighted by Gasteiger charge is 2.26. The van der Waals surface area contributed by atoms with E-state index in [1.165, 1.54) is 12.8 Å². The van der Waals surface area contributed by atoms with Gasteiger partial charge in [-0.25, -0.2) is 0 Å². The fraction of sp³-hybridized carbons (Fsp3) is 0.417. The summed E-state index contributed by atoms with van der Waals surface area (Å²) >= 11 is 0. The fourth-order valence-electron chi connectivity index (χ4n) is 4.23. The molecular formula is C24H28ClN3O2. The molecule has 4 rings (SSSR count). The molecule has 0 spiro atoms. The minimum Gasteiger partial charge on any atom is -0.489 e. The number of carbonyl (C=O) groups excluding carboxylic acids is 1. The zero-order chi connectivity index (χ0) is 20.2. The third kappa shape index (κ3) is 4.95. The second-order valence-corrected chi connectivity index (χ2v) is 7.99. The van der Waals surface area contributed by atoms with E-state index >= 15 is 0 Å². The number of halogens is 1. The van der Waals surface area contributed by atoms with Crippen molar-refractivity contribution in [2.24, 2.45) is 0 Å². The number of hydrogen-bond acceptors (Lipinski definition) is 4. The maximum Gasteiger partial charge on any atom is 0.254 e. The number of fused-ring (bicyclic) bond motifs is 1. The highest BCUT2D eigenvalue weighted by Crippen LogP contribution is 2.25. The van der Waals surface area contributed by atoms with Gasteiger partial charge >= 0.3 is 0 Å². The minimum atomic E-state index is 0. The van der Waals surface area contributed by atoms with Crippen LogP contribution in [-0.4, -0.2) is 47.9 Å². The van der Waals surface area contributed by atoms with Gasteiger partial charge in [0, 0.05) is 31.2 Å². The SMILES string of the molecule is C[C@@H]1CCCN1CCN1CCc2cc(OCc3ccc(C#N)cc3)ccc2C1=O.Cl. The number of hydrogen-bond donors (Lipinski definition) is 0. The van der Waals surface area contributed by atoms with Crippen molar-refractivity contribution in [1.29, 1.82) is 5.26 Å². The van der Waals surface area contributed by atoms with Gasteiger partial charge in [-0.05, 0) is 74.2 Å². The Kier molecular flexibility index (Phi) is 7.36. The molecule has 1 fully saturated rings. The third-order valence-corrected chi connectivity index (χ3v) is 6.08. The topological polar surface area (TPSA) is 56.6 Å². The number of benzene rings is 2. The lowest BCUT2D eigenvalue weighted by molar-refractivity contribution is 0.0716. The highest BCUT2D eigenvalue weighted by atomic mass is 35.5. The molecule has 30 heavy (non-hydrogen) atoms. The van der Waals surface area contributed by atoms with E-state index in [4.69, 9.17) is 10.00 Å². The molecule has 1 atom stereocenters. The summed E-state index contributed by atoms with van der Waals surface area (Å²) in [5, 5.41) is 8.87. The monoisotopic (exact) mass is 425 g/mol. The molecule has 1 amide bonds. The molecule has 2 aliphatic rings. The molecule has 0 radical (unpaired) electrons. The minimum absolute atomic E-state index is 0. The number of nitrogens with zero attached hydrogens (tertiary/aromatic N) is 3. The van der Waals surface area contributed by atoms with Crippen LogP contribution in [0.5, 0.6) is 5.75 Å². The zero-order valence-electron chi connectivity index (χ0n) is 17.3. The van der Waals surface area contributed by atoms with Crippen LogP contribution in [0.15, 0.2) is 42.5 Å². The molecule has 2 aliphatic heterocycles. The molecule has 0 saturated carbocycles. The number of amides is 1. The predicted octanol–water partition coefficient (Wildman–Crippen LogP) is 4.04. The zero-order valence-corrected chi connectivity index (χ0v) is 18.2. The molecule has 1 saturated heterocycles. The Morgan fingerprint density at radius 1 is 1.13 bits per heavy atom. The maximum atomic E-state index is 12.9. The number of nitriles is 1. The van der Waals surface area contributed by atoms with Crippen molar-refractivity contribution < 1.29 is 9.53 Å². The van der Waals surface area contributed by atoms with Crippen molar-refractivity contribution in [2.75, 3.05) is 26.2 Å². The predicted molar refractivity (Wildman–Crippen MR) is 119 cm³/mol. The van der Waals surface area contributed by atoms with E-state index in [9.17, 15) is 4.79 Å². The standard InChI is InChI=1S/C24H27N3O2.ClH/c1-18-3-2-11-26(18)13-14-27-12-10-21-15-22(8-9-23(21)24(27)28)29-17-20-6-4-19(16-25)5-7-20;/h4-9,15,18H,2-3,10-14,17H2,1H3;1H/t18-;/m1./s1. The molecule has 0 N–H and O–H groups in total. The molecule has 5 nitrogen and oxygen atoms in total. The van der Waals surface area contributed by atoms with Crippen LogP contribution < -0.4 is 4.74 Å². The summed E-state index contributed by atoms with van der Waals surface area (Å²) in [5.74, 6) is 0.914. The average molecular weight is 426 g/mol. The Bertz CT molecular complexity index is 923. The molecule has 0 aromatic heterocycles. The van der Waals surface area contributed by atoms with Crippen LogP contribution in [0, 0.1) is 11.3 Å². The molecule has 2 aromatic carbocycles. The van der Waals surface area contributed by atoms with Gasteiger partial charge in [0.25, 0.3) is 5.91 Å². The van der Waals surface area contributed by atoms with Gasteiger partial charge in [-0.15, -0.1) is 12.4 Å². The Labute approximate surface area is 184 Å². The fourth-order valence-corrected chi connectivity index (χ4v) is 4.23. The van der Waals surface area contributed by atoms with Crippen molar-refractivity contribution in [3.8, 4) is 11.8 Å². The van der Waals surface area contributed by atoms with Crippen molar-refractivity contribution in [3.63, 3.8) is 0 Å². The summed E-state index contributed by atoms with van der Waals surface area (Å²) in [6.45, 7) is 6.42. The first-order valence-electron chi connectivity index (χ1n) is 10.4. The molecular weight excluding hydrogens is 398 g/mol. The molecule has 0 aliphatic carbocycles. The highest BCUT2D eigenvalue weighted by molar-refractivity contribution is 5.97. The van der Waals surface area contributed by atoms with E-state index in [2.05, 4.69) is 17.9 Å². The molecule has 0 bridgehead atoms. The average Bonchev–Trinajstić information content (AvgIpc) is 3.17. The van der Waals surface area contributed by atoms with Crippen LogP contribution in [0.4, 0.5) is 0 Å². The molecule has 0 unspecified atom stereocenters. The van der Waals surface area contributed by atoms with Crippen LogP contribution in [-0.2, 0) is 13.0 Å². The van der Waals surface area contributed by atoms with Gasteiger partial charge in [0.15, 0.2) is 0 Å². The van der Waals surface area contributed by atoms with Crippen molar-refractivity contribution in [2.45, 2.75) is 38.8 Å². The molecule has 2 heterocycles. The quantitative estimate of drug-likeness (QED) is 0.700. The van der Waals surface area contributed by atoms with Gasteiger partial charge < -0.3 is 9.64 Å². The summed E-state index contributed by atoms with van der Waals surface area (Å²) in [7, 11) is 0. The van der Waals surface area contributed by atoms with Crippen LogP contribution in [0.2, 0.25) is 0 Å². The summed E-state index contributed by atoms with van der Waals surface area (Å²) in [6, 6.07) is 15.9. The largest absolute Gasteiger partial charge is 0.489 e. The van der Waals surface area contributed by atoms with E-state index in [1.54, 1.807) is 12.1 Å². The van der Waals surface area contributed by atoms with Gasteiger partial charge in [-0.1, -0.05) is 12.1 Å². The first-order valence-corrected chi connectivity index (χ1v) is 10.4. The second-order valence-electron chi connectivity index (χ2n) is 7.99. The van der Waals surface area contributed by atoms with Crippen molar-refractivity contribution >= 4 is 18.3 Å².